The van der Waals surface area contributed by atoms with E-state index < -0.39 is 50.6 Å². The normalized spacial score (nSPS) is 13.4. The largest absolute Gasteiger partial charge is 0.534 e. The van der Waals surface area contributed by atoms with Crippen LogP contribution in [0.1, 0.15) is 23.0 Å². The fourth-order valence-electron chi connectivity index (χ4n) is 2.09. The molecule has 0 unspecified atom stereocenters. The van der Waals surface area contributed by atoms with Crippen molar-refractivity contribution in [2.24, 2.45) is 5.92 Å². The lowest BCUT2D eigenvalue weighted by Gasteiger charge is -2.13. The SMILES string of the molecule is COc1cc2sc(C(=O)C[C@H](C)C(=O)O)cc2c(F)c1OS(=O)(=O)C(F)(F)F. The Labute approximate surface area is 159 Å². The van der Waals surface area contributed by atoms with Crippen molar-refractivity contribution in [3.05, 3.63) is 22.8 Å². The summed E-state index contributed by atoms with van der Waals surface area (Å²) in [6.07, 6.45) is -0.382. The standard InChI is InChI=1S/C15H12F4O7S2/c1-6(14(21)22)3-8(20)11-4-7-10(27-11)5-9(25-2)13(12(7)16)26-28(23,24)15(17,18)19/h4-6H,3H2,1-2H3,(H,21,22)/t6-/m0/s1. The summed E-state index contributed by atoms with van der Waals surface area (Å²) >= 11 is 0.745. The Kier molecular flexibility index (Phi) is 5.90. The highest BCUT2D eigenvalue weighted by atomic mass is 32.2. The van der Waals surface area contributed by atoms with Crippen molar-refractivity contribution in [1.29, 1.82) is 0 Å². The summed E-state index contributed by atoms with van der Waals surface area (Å²) in [7, 11) is -5.20. The van der Waals surface area contributed by atoms with Crippen LogP contribution in [0.15, 0.2) is 12.1 Å². The molecule has 0 amide bonds. The van der Waals surface area contributed by atoms with Gasteiger partial charge in [-0.25, -0.2) is 4.39 Å². The van der Waals surface area contributed by atoms with Crippen LogP contribution in [0.2, 0.25) is 0 Å². The summed E-state index contributed by atoms with van der Waals surface area (Å²) < 4.78 is 83.3. The van der Waals surface area contributed by atoms with Crippen LogP contribution in [0.3, 0.4) is 0 Å². The second-order valence-electron chi connectivity index (χ2n) is 5.59. The minimum atomic E-state index is -6.16. The van der Waals surface area contributed by atoms with Gasteiger partial charge in [-0.1, -0.05) is 6.92 Å². The number of fused-ring (bicyclic) bond motifs is 1. The molecule has 0 bridgehead atoms. The van der Waals surface area contributed by atoms with E-state index in [1.165, 1.54) is 6.92 Å². The van der Waals surface area contributed by atoms with Crippen LogP contribution < -0.4 is 8.92 Å². The van der Waals surface area contributed by atoms with Crippen molar-refractivity contribution in [2.75, 3.05) is 7.11 Å². The third-order valence-corrected chi connectivity index (χ3v) is 5.64. The lowest BCUT2D eigenvalue weighted by atomic mass is 10.0. The molecule has 1 atom stereocenters. The summed E-state index contributed by atoms with van der Waals surface area (Å²) in [4.78, 5) is 22.9. The van der Waals surface area contributed by atoms with E-state index in [4.69, 9.17) is 9.84 Å². The number of hydrogen-bond donors (Lipinski definition) is 1. The van der Waals surface area contributed by atoms with E-state index in [9.17, 15) is 35.6 Å². The van der Waals surface area contributed by atoms with Gasteiger partial charge in [-0.3, -0.25) is 9.59 Å². The number of carbonyl (C=O) groups is 2. The Bertz CT molecular complexity index is 1040. The summed E-state index contributed by atoms with van der Waals surface area (Å²) in [5.41, 5.74) is -5.79. The van der Waals surface area contributed by atoms with Gasteiger partial charge in [0.15, 0.2) is 17.3 Å². The zero-order valence-corrected chi connectivity index (χ0v) is 15.8. The van der Waals surface area contributed by atoms with Gasteiger partial charge in [-0.05, 0) is 6.07 Å². The number of hydrogen-bond acceptors (Lipinski definition) is 7. The molecular formula is C15H12F4O7S2. The number of benzene rings is 1. The maximum absolute atomic E-state index is 14.7. The number of rotatable bonds is 7. The number of alkyl halides is 3. The molecule has 7 nitrogen and oxygen atoms in total. The van der Waals surface area contributed by atoms with Crippen LogP contribution in [0.25, 0.3) is 10.1 Å². The number of carboxylic acids is 1. The topological polar surface area (TPSA) is 107 Å². The monoisotopic (exact) mass is 444 g/mol. The molecule has 0 aliphatic rings. The third kappa shape index (κ3) is 4.19. The first-order valence-corrected chi connectivity index (χ1v) is 9.57. The van der Waals surface area contributed by atoms with Gasteiger partial charge in [0, 0.05) is 22.6 Å². The van der Waals surface area contributed by atoms with Gasteiger partial charge in [0.1, 0.15) is 0 Å². The van der Waals surface area contributed by atoms with Gasteiger partial charge in [0.2, 0.25) is 5.75 Å². The zero-order chi connectivity index (χ0) is 21.4. The maximum Gasteiger partial charge on any atom is 0.534 e. The molecule has 0 spiro atoms. The van der Waals surface area contributed by atoms with Gasteiger partial charge < -0.3 is 14.0 Å². The fraction of sp³-hybridized carbons (Fsp3) is 0.333. The highest BCUT2D eigenvalue weighted by Crippen LogP contribution is 2.42. The average molecular weight is 444 g/mol. The quantitative estimate of drug-likeness (QED) is 0.301. The number of carboxylic acid groups (broad SMARTS) is 1. The van der Waals surface area contributed by atoms with Gasteiger partial charge in [-0.15, -0.1) is 11.3 Å². The summed E-state index contributed by atoms with van der Waals surface area (Å²) in [5.74, 6) is -6.24. The predicted molar refractivity (Wildman–Crippen MR) is 89.7 cm³/mol. The number of ether oxygens (including phenoxy) is 1. The van der Waals surface area contributed by atoms with E-state index in [2.05, 4.69) is 4.18 Å². The lowest BCUT2D eigenvalue weighted by Crippen LogP contribution is -2.28. The van der Waals surface area contributed by atoms with Crippen LogP contribution in [-0.2, 0) is 14.9 Å². The molecule has 1 N–H and O–H groups in total. The first-order chi connectivity index (χ1) is 12.8. The van der Waals surface area contributed by atoms with Crippen LogP contribution in [0.5, 0.6) is 11.5 Å². The molecule has 13 heteroatoms. The summed E-state index contributed by atoms with van der Waals surface area (Å²) in [5, 5.41) is 8.48. The van der Waals surface area contributed by atoms with Crippen LogP contribution >= 0.6 is 11.3 Å². The second kappa shape index (κ2) is 7.54. The fourth-order valence-corrected chi connectivity index (χ4v) is 3.59. The molecule has 0 saturated heterocycles. The molecule has 0 radical (unpaired) electrons. The van der Waals surface area contributed by atoms with Crippen molar-refractivity contribution in [2.45, 2.75) is 18.9 Å². The molecule has 2 rings (SSSR count). The first kappa shape index (κ1) is 21.9. The Morgan fingerprint density at radius 1 is 1.29 bits per heavy atom. The Hall–Kier alpha value is -2.41. The number of ketones is 1. The Morgan fingerprint density at radius 2 is 1.89 bits per heavy atom. The van der Waals surface area contributed by atoms with Crippen LogP contribution in [0, 0.1) is 11.7 Å². The van der Waals surface area contributed by atoms with Crippen molar-refractivity contribution < 1.29 is 49.6 Å². The molecule has 2 aromatic rings. The van der Waals surface area contributed by atoms with E-state index in [0.717, 1.165) is 30.6 Å². The molecule has 1 heterocycles. The molecule has 0 saturated carbocycles. The second-order valence-corrected chi connectivity index (χ2v) is 8.22. The Balaban J connectivity index is 2.53. The highest BCUT2D eigenvalue weighted by Gasteiger charge is 2.49. The molecule has 154 valence electrons. The minimum Gasteiger partial charge on any atom is -0.493 e. The first-order valence-electron chi connectivity index (χ1n) is 7.35. The Morgan fingerprint density at radius 3 is 2.39 bits per heavy atom. The molecular weight excluding hydrogens is 432 g/mol. The highest BCUT2D eigenvalue weighted by molar-refractivity contribution is 7.88. The lowest BCUT2D eigenvalue weighted by molar-refractivity contribution is -0.141. The zero-order valence-electron chi connectivity index (χ0n) is 14.2. The molecule has 0 fully saturated rings. The van der Waals surface area contributed by atoms with E-state index in [1.807, 2.05) is 0 Å². The average Bonchev–Trinajstić information content (AvgIpc) is 3.00. The van der Waals surface area contributed by atoms with E-state index in [1.54, 1.807) is 0 Å². The number of Topliss-reactive ketones (excluding diaryl/α,β-unsaturated/α-hetero) is 1. The number of thiophene rings is 1. The van der Waals surface area contributed by atoms with Crippen molar-refractivity contribution in [3.8, 4) is 11.5 Å². The maximum atomic E-state index is 14.7. The van der Waals surface area contributed by atoms with Crippen molar-refractivity contribution >= 4 is 43.3 Å². The van der Waals surface area contributed by atoms with E-state index >= 15 is 0 Å². The smallest absolute Gasteiger partial charge is 0.493 e. The molecule has 1 aromatic heterocycles. The molecule has 28 heavy (non-hydrogen) atoms. The number of carbonyl (C=O) groups excluding carboxylic acids is 1. The van der Waals surface area contributed by atoms with Crippen molar-refractivity contribution in [3.63, 3.8) is 0 Å². The predicted octanol–water partition coefficient (Wildman–Crippen LogP) is 3.57. The summed E-state index contributed by atoms with van der Waals surface area (Å²) in [6.45, 7) is 1.30. The summed E-state index contributed by atoms with van der Waals surface area (Å²) in [6, 6.07) is 2.00. The van der Waals surface area contributed by atoms with Gasteiger partial charge >= 0.3 is 21.6 Å². The van der Waals surface area contributed by atoms with Crippen molar-refractivity contribution in [1.82, 2.24) is 0 Å². The number of methoxy groups -OCH3 is 1. The number of halogens is 4. The van der Waals surface area contributed by atoms with Crippen LogP contribution in [-0.4, -0.2) is 37.9 Å². The van der Waals surface area contributed by atoms with Gasteiger partial charge in [-0.2, -0.15) is 21.6 Å². The molecule has 1 aromatic carbocycles. The van der Waals surface area contributed by atoms with Gasteiger partial charge in [0.25, 0.3) is 0 Å². The van der Waals surface area contributed by atoms with Gasteiger partial charge in [0.05, 0.1) is 17.9 Å². The molecule has 0 aliphatic carbocycles. The molecule has 0 aliphatic heterocycles. The third-order valence-electron chi connectivity index (χ3n) is 3.57. The minimum absolute atomic E-state index is 0.0557. The number of aliphatic carboxylic acids is 1. The van der Waals surface area contributed by atoms with E-state index in [-0.39, 0.29) is 21.4 Å². The van der Waals surface area contributed by atoms with E-state index in [0.29, 0.717) is 0 Å². The van der Waals surface area contributed by atoms with Crippen LogP contribution in [0.4, 0.5) is 17.6 Å².